The zero-order valence-corrected chi connectivity index (χ0v) is 18.2. The molecule has 3 rings (SSSR count). The lowest BCUT2D eigenvalue weighted by atomic mass is 9.86. The van der Waals surface area contributed by atoms with Crippen molar-refractivity contribution in [2.75, 3.05) is 23.3 Å². The van der Waals surface area contributed by atoms with Gasteiger partial charge in [0.2, 0.25) is 15.9 Å². The van der Waals surface area contributed by atoms with Crippen LogP contribution in [0.2, 0.25) is 0 Å². The number of rotatable bonds is 8. The second kappa shape index (κ2) is 9.34. The first kappa shape index (κ1) is 21.9. The molecule has 1 aliphatic carbocycles. The molecule has 1 amide bonds. The average molecular weight is 423 g/mol. The molecule has 0 radical (unpaired) electrons. The molecule has 2 fully saturated rings. The molecule has 0 spiro atoms. The second-order valence-electron chi connectivity index (χ2n) is 8.61. The van der Waals surface area contributed by atoms with Crippen LogP contribution in [0.25, 0.3) is 0 Å². The van der Waals surface area contributed by atoms with Crippen LogP contribution in [0.1, 0.15) is 52.4 Å². The van der Waals surface area contributed by atoms with Crippen molar-refractivity contribution in [3.8, 4) is 0 Å². The van der Waals surface area contributed by atoms with Crippen molar-refractivity contribution in [1.82, 2.24) is 4.72 Å². The zero-order valence-electron chi connectivity index (χ0n) is 17.4. The Morgan fingerprint density at radius 1 is 1.14 bits per heavy atom. The van der Waals surface area contributed by atoms with Gasteiger partial charge in [-0.25, -0.2) is 13.1 Å². The number of carbonyl (C=O) groups excluding carboxylic acids is 1. The van der Waals surface area contributed by atoms with Gasteiger partial charge in [0.15, 0.2) is 0 Å². The summed E-state index contributed by atoms with van der Waals surface area (Å²) in [6.07, 6.45) is 5.63. The molecule has 1 saturated heterocycles. The predicted molar refractivity (Wildman–Crippen MR) is 117 cm³/mol. The van der Waals surface area contributed by atoms with Gasteiger partial charge in [0.05, 0.1) is 5.25 Å². The largest absolute Gasteiger partial charge is 0.385 e. The van der Waals surface area contributed by atoms with Crippen LogP contribution < -0.4 is 20.7 Å². The lowest BCUT2D eigenvalue weighted by Gasteiger charge is -2.30. The van der Waals surface area contributed by atoms with Gasteiger partial charge in [0.1, 0.15) is 6.04 Å². The Balaban J connectivity index is 1.45. The Labute approximate surface area is 174 Å². The van der Waals surface area contributed by atoms with Crippen LogP contribution in [0.5, 0.6) is 0 Å². The van der Waals surface area contributed by atoms with Crippen LogP contribution in [0.3, 0.4) is 0 Å². The molecule has 1 aromatic carbocycles. The van der Waals surface area contributed by atoms with Crippen molar-refractivity contribution in [2.24, 2.45) is 11.7 Å². The Bertz CT molecular complexity index is 787. The minimum Gasteiger partial charge on any atom is -0.385 e. The summed E-state index contributed by atoms with van der Waals surface area (Å²) in [7, 11) is -3.19. The van der Waals surface area contributed by atoms with Gasteiger partial charge >= 0.3 is 0 Å². The fourth-order valence-electron chi connectivity index (χ4n) is 4.26. The van der Waals surface area contributed by atoms with Gasteiger partial charge in [-0.3, -0.25) is 4.79 Å². The van der Waals surface area contributed by atoms with Crippen LogP contribution >= 0.6 is 0 Å². The summed E-state index contributed by atoms with van der Waals surface area (Å²) < 4.78 is 26.9. The van der Waals surface area contributed by atoms with E-state index in [0.29, 0.717) is 5.92 Å². The van der Waals surface area contributed by atoms with Gasteiger partial charge in [-0.1, -0.05) is 0 Å². The molecule has 7 nitrogen and oxygen atoms in total. The molecule has 29 heavy (non-hydrogen) atoms. The molecular weight excluding hydrogens is 388 g/mol. The SMILES string of the molecule is CC(C)S(=O)(=O)NC1CCC(CNc2ccc(N3CCCC3C(N)=O)cc2)CC1. The van der Waals surface area contributed by atoms with Crippen molar-refractivity contribution in [1.29, 1.82) is 0 Å². The van der Waals surface area contributed by atoms with E-state index in [1.807, 2.05) is 24.3 Å². The molecule has 2 aliphatic rings. The molecule has 0 bridgehead atoms. The van der Waals surface area contributed by atoms with E-state index in [9.17, 15) is 13.2 Å². The van der Waals surface area contributed by atoms with E-state index in [1.165, 1.54) is 0 Å². The summed E-state index contributed by atoms with van der Waals surface area (Å²) in [5, 5.41) is 3.11. The first-order valence-corrected chi connectivity index (χ1v) is 12.2. The number of anilines is 2. The Hall–Kier alpha value is -1.80. The maximum absolute atomic E-state index is 12.0. The van der Waals surface area contributed by atoms with Gasteiger partial charge in [-0.15, -0.1) is 0 Å². The third kappa shape index (κ3) is 5.63. The maximum atomic E-state index is 12.0. The van der Waals surface area contributed by atoms with Crippen LogP contribution in [0, 0.1) is 5.92 Å². The van der Waals surface area contributed by atoms with Gasteiger partial charge in [0, 0.05) is 30.5 Å². The second-order valence-corrected chi connectivity index (χ2v) is 10.9. The van der Waals surface area contributed by atoms with Crippen LogP contribution in [0.4, 0.5) is 11.4 Å². The summed E-state index contributed by atoms with van der Waals surface area (Å²) in [5.41, 5.74) is 7.61. The van der Waals surface area contributed by atoms with Crippen LogP contribution in [0.15, 0.2) is 24.3 Å². The van der Waals surface area contributed by atoms with Gasteiger partial charge in [0.25, 0.3) is 0 Å². The highest BCUT2D eigenvalue weighted by atomic mass is 32.2. The number of nitrogens with zero attached hydrogens (tertiary/aromatic N) is 1. The number of nitrogens with one attached hydrogen (secondary N) is 2. The van der Waals surface area contributed by atoms with E-state index in [-0.39, 0.29) is 23.2 Å². The molecule has 1 aromatic rings. The number of primary amides is 1. The quantitative estimate of drug-likeness (QED) is 0.597. The topological polar surface area (TPSA) is 105 Å². The Morgan fingerprint density at radius 2 is 1.79 bits per heavy atom. The van der Waals surface area contributed by atoms with Crippen molar-refractivity contribution in [2.45, 2.75) is 69.7 Å². The van der Waals surface area contributed by atoms with Gasteiger partial charge in [-0.2, -0.15) is 0 Å². The number of carbonyl (C=O) groups is 1. The molecular formula is C21H34N4O3S. The van der Waals surface area contributed by atoms with E-state index in [0.717, 1.165) is 63.0 Å². The fraction of sp³-hybridized carbons (Fsp3) is 0.667. The molecule has 1 unspecified atom stereocenters. The fourth-order valence-corrected chi connectivity index (χ4v) is 5.23. The van der Waals surface area contributed by atoms with Crippen molar-refractivity contribution >= 4 is 27.3 Å². The minimum atomic E-state index is -3.19. The van der Waals surface area contributed by atoms with E-state index in [1.54, 1.807) is 13.8 Å². The standard InChI is InChI=1S/C21H34N4O3S/c1-15(2)29(27,28)24-18-7-5-16(6-8-18)14-23-17-9-11-19(12-10-17)25-13-3-4-20(25)21(22)26/h9-12,15-16,18,20,23-24H,3-8,13-14H2,1-2H3,(H2,22,26). The summed E-state index contributed by atoms with van der Waals surface area (Å²) in [6.45, 7) is 5.17. The monoisotopic (exact) mass is 422 g/mol. The number of hydrogen-bond acceptors (Lipinski definition) is 5. The number of benzene rings is 1. The first-order valence-electron chi connectivity index (χ1n) is 10.7. The number of hydrogen-bond donors (Lipinski definition) is 3. The summed E-state index contributed by atoms with van der Waals surface area (Å²) in [4.78, 5) is 13.7. The molecule has 1 saturated carbocycles. The highest BCUT2D eigenvalue weighted by molar-refractivity contribution is 7.90. The molecule has 8 heteroatoms. The normalized spacial score (nSPS) is 25.3. The highest BCUT2D eigenvalue weighted by Gasteiger charge is 2.29. The first-order chi connectivity index (χ1) is 13.8. The summed E-state index contributed by atoms with van der Waals surface area (Å²) >= 11 is 0. The number of nitrogens with two attached hydrogens (primary N) is 1. The molecule has 162 valence electrons. The Morgan fingerprint density at radius 3 is 2.38 bits per heavy atom. The smallest absolute Gasteiger partial charge is 0.240 e. The van der Waals surface area contributed by atoms with Crippen LogP contribution in [-0.2, 0) is 14.8 Å². The highest BCUT2D eigenvalue weighted by Crippen LogP contribution is 2.28. The van der Waals surface area contributed by atoms with E-state index in [2.05, 4.69) is 14.9 Å². The van der Waals surface area contributed by atoms with E-state index in [4.69, 9.17) is 5.73 Å². The molecule has 1 heterocycles. The molecule has 1 atom stereocenters. The lowest BCUT2D eigenvalue weighted by molar-refractivity contribution is -0.119. The molecule has 4 N–H and O–H groups in total. The summed E-state index contributed by atoms with van der Waals surface area (Å²) in [5.74, 6) is 0.295. The van der Waals surface area contributed by atoms with Crippen molar-refractivity contribution in [3.63, 3.8) is 0 Å². The van der Waals surface area contributed by atoms with Gasteiger partial charge < -0.3 is 16.0 Å². The van der Waals surface area contributed by atoms with E-state index < -0.39 is 10.0 Å². The predicted octanol–water partition coefficient (Wildman–Crippen LogP) is 2.44. The maximum Gasteiger partial charge on any atom is 0.240 e. The van der Waals surface area contributed by atoms with Crippen molar-refractivity contribution < 1.29 is 13.2 Å². The lowest BCUT2D eigenvalue weighted by Crippen LogP contribution is -2.41. The molecule has 0 aromatic heterocycles. The van der Waals surface area contributed by atoms with Crippen molar-refractivity contribution in [3.05, 3.63) is 24.3 Å². The third-order valence-corrected chi connectivity index (χ3v) is 8.08. The van der Waals surface area contributed by atoms with Crippen LogP contribution in [-0.4, -0.2) is 44.7 Å². The average Bonchev–Trinajstić information content (AvgIpc) is 3.18. The Kier molecular flexibility index (Phi) is 7.05. The minimum absolute atomic E-state index is 0.0663. The zero-order chi connectivity index (χ0) is 21.0. The number of sulfonamides is 1. The number of amides is 1. The van der Waals surface area contributed by atoms with E-state index >= 15 is 0 Å². The van der Waals surface area contributed by atoms with Gasteiger partial charge in [-0.05, 0) is 82.6 Å². The third-order valence-electron chi connectivity index (χ3n) is 6.17. The summed E-state index contributed by atoms with van der Waals surface area (Å²) in [6, 6.07) is 8.05. The molecule has 1 aliphatic heterocycles.